The molecule has 0 unspecified atom stereocenters. The highest BCUT2D eigenvalue weighted by Gasteiger charge is 2.29. The largest absolute Gasteiger partial charge is 0.480 e. The summed E-state index contributed by atoms with van der Waals surface area (Å²) in [5, 5.41) is 17.4. The van der Waals surface area contributed by atoms with E-state index in [1.807, 2.05) is 48.5 Å². The van der Waals surface area contributed by atoms with Gasteiger partial charge < -0.3 is 15.2 Å². The Morgan fingerprint density at radius 2 is 1.68 bits per heavy atom. The standard InChI is InChI=1S/C22H20N4O5/c1-26-20(17(10-24-26)21(29)23-11-19(27)28)25-22(30)31-12-18-15-8-4-2-6-13(15)14-7-3-5-9-16(14)18/h2-10,18H,11-12H2,1H3,(H,23,29)(H,25,30)(H,27,28). The fraction of sp³-hybridized carbons (Fsp3) is 0.182. The Hall–Kier alpha value is -4.14. The lowest BCUT2D eigenvalue weighted by Crippen LogP contribution is -2.30. The first-order chi connectivity index (χ1) is 15.0. The van der Waals surface area contributed by atoms with E-state index in [-0.39, 0.29) is 23.9 Å². The zero-order valence-electron chi connectivity index (χ0n) is 16.7. The number of amides is 2. The van der Waals surface area contributed by atoms with Crippen molar-refractivity contribution < 1.29 is 24.2 Å². The van der Waals surface area contributed by atoms with Gasteiger partial charge in [-0.25, -0.2) is 4.79 Å². The van der Waals surface area contributed by atoms with Crippen LogP contribution in [-0.4, -0.2) is 46.0 Å². The summed E-state index contributed by atoms with van der Waals surface area (Å²) >= 11 is 0. The molecule has 1 aliphatic carbocycles. The fourth-order valence-electron chi connectivity index (χ4n) is 3.73. The third-order valence-electron chi connectivity index (χ3n) is 5.15. The number of aromatic nitrogens is 2. The van der Waals surface area contributed by atoms with E-state index >= 15 is 0 Å². The molecule has 2 amide bonds. The van der Waals surface area contributed by atoms with Gasteiger partial charge in [-0.15, -0.1) is 0 Å². The second-order valence-corrected chi connectivity index (χ2v) is 7.06. The van der Waals surface area contributed by atoms with Gasteiger partial charge in [0.2, 0.25) is 0 Å². The highest BCUT2D eigenvalue weighted by molar-refractivity contribution is 6.02. The first-order valence-electron chi connectivity index (χ1n) is 9.59. The Kier molecular flexibility index (Phi) is 5.40. The van der Waals surface area contributed by atoms with Crippen LogP contribution in [0.4, 0.5) is 10.6 Å². The minimum atomic E-state index is -1.18. The number of carbonyl (C=O) groups excluding carboxylic acids is 2. The quantitative estimate of drug-likeness (QED) is 0.563. The number of ether oxygens (including phenoxy) is 1. The van der Waals surface area contributed by atoms with Gasteiger partial charge in [0.15, 0.2) is 0 Å². The van der Waals surface area contributed by atoms with Crippen LogP contribution in [-0.2, 0) is 16.6 Å². The highest BCUT2D eigenvalue weighted by Crippen LogP contribution is 2.44. The van der Waals surface area contributed by atoms with Gasteiger partial charge in [0.1, 0.15) is 24.5 Å². The molecule has 158 valence electrons. The Morgan fingerprint density at radius 3 is 2.29 bits per heavy atom. The predicted octanol–water partition coefficient (Wildman–Crippen LogP) is 2.60. The summed E-state index contributed by atoms with van der Waals surface area (Å²) in [5.41, 5.74) is 4.46. The van der Waals surface area contributed by atoms with Crippen LogP contribution in [0.2, 0.25) is 0 Å². The van der Waals surface area contributed by atoms with Crippen LogP contribution < -0.4 is 10.6 Å². The van der Waals surface area contributed by atoms with Crippen LogP contribution in [0.3, 0.4) is 0 Å². The number of nitrogens with zero attached hydrogens (tertiary/aromatic N) is 2. The second kappa shape index (κ2) is 8.31. The molecule has 31 heavy (non-hydrogen) atoms. The van der Waals surface area contributed by atoms with Gasteiger partial charge in [-0.2, -0.15) is 5.10 Å². The summed E-state index contributed by atoms with van der Waals surface area (Å²) in [6.45, 7) is -0.420. The van der Waals surface area contributed by atoms with Crippen LogP contribution in [0, 0.1) is 0 Å². The molecule has 0 atom stereocenters. The van der Waals surface area contributed by atoms with Crippen molar-refractivity contribution in [2.75, 3.05) is 18.5 Å². The molecule has 9 heteroatoms. The second-order valence-electron chi connectivity index (χ2n) is 7.06. The van der Waals surface area contributed by atoms with E-state index in [0.717, 1.165) is 22.3 Å². The van der Waals surface area contributed by atoms with E-state index < -0.39 is 24.5 Å². The van der Waals surface area contributed by atoms with E-state index in [2.05, 4.69) is 15.7 Å². The van der Waals surface area contributed by atoms with Crippen molar-refractivity contribution in [3.63, 3.8) is 0 Å². The average molecular weight is 420 g/mol. The summed E-state index contributed by atoms with van der Waals surface area (Å²) in [4.78, 5) is 35.3. The molecule has 2 aromatic carbocycles. The van der Waals surface area contributed by atoms with Gasteiger partial charge in [-0.05, 0) is 22.3 Å². The van der Waals surface area contributed by atoms with Gasteiger partial charge >= 0.3 is 12.1 Å². The molecule has 1 aromatic heterocycles. The number of benzene rings is 2. The first kappa shape index (κ1) is 20.1. The van der Waals surface area contributed by atoms with E-state index in [1.165, 1.54) is 10.9 Å². The predicted molar refractivity (Wildman–Crippen MR) is 112 cm³/mol. The minimum absolute atomic E-state index is 0.0391. The van der Waals surface area contributed by atoms with Crippen LogP contribution in [0.1, 0.15) is 27.4 Å². The number of carbonyl (C=O) groups is 3. The molecule has 0 fully saturated rings. The molecule has 1 heterocycles. The molecular formula is C22H20N4O5. The lowest BCUT2D eigenvalue weighted by atomic mass is 9.98. The smallest absolute Gasteiger partial charge is 0.412 e. The van der Waals surface area contributed by atoms with Gasteiger partial charge in [-0.3, -0.25) is 19.6 Å². The number of carboxylic acid groups (broad SMARTS) is 1. The van der Waals surface area contributed by atoms with Crippen LogP contribution in [0.15, 0.2) is 54.7 Å². The number of carboxylic acids is 1. The molecule has 4 rings (SSSR count). The van der Waals surface area contributed by atoms with Crippen molar-refractivity contribution in [2.24, 2.45) is 7.05 Å². The number of hydrogen-bond acceptors (Lipinski definition) is 5. The summed E-state index contributed by atoms with van der Waals surface area (Å²) < 4.78 is 6.79. The summed E-state index contributed by atoms with van der Waals surface area (Å²) in [7, 11) is 1.55. The highest BCUT2D eigenvalue weighted by atomic mass is 16.5. The summed E-state index contributed by atoms with van der Waals surface area (Å²) in [6.07, 6.45) is 0.508. The van der Waals surface area contributed by atoms with Crippen LogP contribution in [0.5, 0.6) is 0 Å². The van der Waals surface area contributed by atoms with Crippen molar-refractivity contribution >= 4 is 23.8 Å². The summed E-state index contributed by atoms with van der Waals surface area (Å²) in [6, 6.07) is 16.0. The molecule has 0 saturated heterocycles. The van der Waals surface area contributed by atoms with Crippen LogP contribution >= 0.6 is 0 Å². The Bertz CT molecular complexity index is 1120. The number of hydrogen-bond donors (Lipinski definition) is 3. The molecule has 0 bridgehead atoms. The minimum Gasteiger partial charge on any atom is -0.480 e. The van der Waals surface area contributed by atoms with E-state index in [1.54, 1.807) is 7.05 Å². The fourth-order valence-corrected chi connectivity index (χ4v) is 3.73. The van der Waals surface area contributed by atoms with Gasteiger partial charge in [0.25, 0.3) is 5.91 Å². The lowest BCUT2D eigenvalue weighted by molar-refractivity contribution is -0.135. The van der Waals surface area contributed by atoms with Crippen molar-refractivity contribution in [3.05, 3.63) is 71.4 Å². The van der Waals surface area contributed by atoms with Crippen molar-refractivity contribution in [1.29, 1.82) is 0 Å². The van der Waals surface area contributed by atoms with Crippen molar-refractivity contribution in [2.45, 2.75) is 5.92 Å². The molecule has 0 spiro atoms. The number of fused-ring (bicyclic) bond motifs is 3. The molecule has 3 aromatic rings. The topological polar surface area (TPSA) is 123 Å². The zero-order valence-corrected chi connectivity index (χ0v) is 16.7. The van der Waals surface area contributed by atoms with Crippen LogP contribution in [0.25, 0.3) is 11.1 Å². The molecule has 0 aliphatic heterocycles. The number of nitrogens with one attached hydrogen (secondary N) is 2. The Labute approximate surface area is 177 Å². The van der Waals surface area contributed by atoms with E-state index in [9.17, 15) is 14.4 Å². The maximum atomic E-state index is 12.5. The number of aliphatic carboxylic acids is 1. The van der Waals surface area contributed by atoms with Crippen molar-refractivity contribution in [3.8, 4) is 11.1 Å². The van der Waals surface area contributed by atoms with Gasteiger partial charge in [-0.1, -0.05) is 48.5 Å². The molecule has 1 aliphatic rings. The Balaban J connectivity index is 1.46. The van der Waals surface area contributed by atoms with Crippen molar-refractivity contribution in [1.82, 2.24) is 15.1 Å². The zero-order chi connectivity index (χ0) is 22.0. The average Bonchev–Trinajstić information content (AvgIpc) is 3.28. The summed E-state index contributed by atoms with van der Waals surface area (Å²) in [5.74, 6) is -1.82. The molecule has 0 radical (unpaired) electrons. The maximum Gasteiger partial charge on any atom is 0.412 e. The Morgan fingerprint density at radius 1 is 1.06 bits per heavy atom. The lowest BCUT2D eigenvalue weighted by Gasteiger charge is -2.15. The maximum absolute atomic E-state index is 12.5. The molecular weight excluding hydrogens is 400 g/mol. The van der Waals surface area contributed by atoms with E-state index in [0.29, 0.717) is 0 Å². The molecule has 0 saturated carbocycles. The third kappa shape index (κ3) is 3.97. The van der Waals surface area contributed by atoms with Gasteiger partial charge in [0, 0.05) is 13.0 Å². The number of aryl methyl sites for hydroxylation is 1. The van der Waals surface area contributed by atoms with Gasteiger partial charge in [0.05, 0.1) is 6.20 Å². The normalized spacial score (nSPS) is 12.0. The third-order valence-corrected chi connectivity index (χ3v) is 5.15. The molecule has 3 N–H and O–H groups in total. The monoisotopic (exact) mass is 420 g/mol. The number of rotatable bonds is 6. The SMILES string of the molecule is Cn1ncc(C(=O)NCC(=O)O)c1NC(=O)OCC1c2ccccc2-c2ccccc21. The molecule has 9 nitrogen and oxygen atoms in total. The van der Waals surface area contributed by atoms with E-state index in [4.69, 9.17) is 9.84 Å². The first-order valence-corrected chi connectivity index (χ1v) is 9.59. The number of anilines is 1.